The average molecular weight is 409 g/mol. The SMILES string of the molecule is CN1c2ccc(-c3cccc(F)c3)cc2[C@@H]2[C@@H](CCN2C(=O)C2CCCC2)[C@@H]1CO. The fourth-order valence-electron chi connectivity index (χ4n) is 5.96. The van der Waals surface area contributed by atoms with Gasteiger partial charge in [0.15, 0.2) is 0 Å². The smallest absolute Gasteiger partial charge is 0.226 e. The molecule has 2 aliphatic heterocycles. The third kappa shape index (κ3) is 3.11. The van der Waals surface area contributed by atoms with E-state index >= 15 is 0 Å². The van der Waals surface area contributed by atoms with E-state index in [-0.39, 0.29) is 42.3 Å². The quantitative estimate of drug-likeness (QED) is 0.820. The standard InChI is InChI=1S/C25H29FN2O2/c1-27-22-10-9-18(17-7-4-8-19(26)13-17)14-21(22)24-20(23(27)15-29)11-12-28(24)25(30)16-5-2-3-6-16/h4,7-10,13-14,16,20,23-24,29H,2-3,5-6,11-12,15H2,1H3/t20-,23-,24-/m0/s1. The van der Waals surface area contributed by atoms with Crippen LogP contribution in [-0.2, 0) is 4.79 Å². The number of likely N-dealkylation sites (tertiary alicyclic amines) is 1. The van der Waals surface area contributed by atoms with Gasteiger partial charge >= 0.3 is 0 Å². The number of hydrogen-bond acceptors (Lipinski definition) is 3. The molecular formula is C25H29FN2O2. The maximum absolute atomic E-state index is 13.8. The number of amides is 1. The Morgan fingerprint density at radius 1 is 1.10 bits per heavy atom. The lowest BCUT2D eigenvalue weighted by molar-refractivity contribution is -0.136. The molecule has 2 aromatic rings. The van der Waals surface area contributed by atoms with Gasteiger partial charge in [-0.2, -0.15) is 0 Å². The molecule has 5 heteroatoms. The summed E-state index contributed by atoms with van der Waals surface area (Å²) in [5, 5.41) is 10.1. The van der Waals surface area contributed by atoms with E-state index in [0.717, 1.165) is 61.0 Å². The molecule has 0 radical (unpaired) electrons. The first-order valence-electron chi connectivity index (χ1n) is 11.1. The lowest BCUT2D eigenvalue weighted by Crippen LogP contribution is -2.48. The van der Waals surface area contributed by atoms with Crippen molar-refractivity contribution in [3.05, 3.63) is 53.8 Å². The van der Waals surface area contributed by atoms with E-state index < -0.39 is 0 Å². The summed E-state index contributed by atoms with van der Waals surface area (Å²) in [5.41, 5.74) is 3.98. The molecule has 0 bridgehead atoms. The van der Waals surface area contributed by atoms with Crippen LogP contribution < -0.4 is 4.90 Å². The molecule has 1 saturated heterocycles. The van der Waals surface area contributed by atoms with Gasteiger partial charge in [0, 0.05) is 31.1 Å². The van der Waals surface area contributed by atoms with Crippen molar-refractivity contribution in [3.63, 3.8) is 0 Å². The van der Waals surface area contributed by atoms with Crippen molar-refractivity contribution in [2.75, 3.05) is 25.1 Å². The van der Waals surface area contributed by atoms with E-state index in [1.54, 1.807) is 12.1 Å². The third-order valence-corrected chi connectivity index (χ3v) is 7.50. The number of aliphatic hydroxyl groups excluding tert-OH is 1. The highest BCUT2D eigenvalue weighted by Crippen LogP contribution is 2.50. The lowest BCUT2D eigenvalue weighted by atomic mass is 9.81. The number of fused-ring (bicyclic) bond motifs is 3. The Balaban J connectivity index is 1.58. The number of carbonyl (C=O) groups is 1. The van der Waals surface area contributed by atoms with Crippen LogP contribution in [0.25, 0.3) is 11.1 Å². The van der Waals surface area contributed by atoms with Crippen LogP contribution in [0.4, 0.5) is 10.1 Å². The number of anilines is 1. The Bertz CT molecular complexity index is 956. The molecule has 1 N–H and O–H groups in total. The number of nitrogens with zero attached hydrogens (tertiary/aromatic N) is 2. The van der Waals surface area contributed by atoms with Gasteiger partial charge in [0.25, 0.3) is 0 Å². The molecule has 2 heterocycles. The van der Waals surface area contributed by atoms with Crippen molar-refractivity contribution in [3.8, 4) is 11.1 Å². The van der Waals surface area contributed by atoms with Crippen molar-refractivity contribution in [1.29, 1.82) is 0 Å². The molecule has 3 aliphatic rings. The van der Waals surface area contributed by atoms with Crippen molar-refractivity contribution in [2.45, 2.75) is 44.2 Å². The van der Waals surface area contributed by atoms with Crippen LogP contribution in [-0.4, -0.2) is 42.2 Å². The molecule has 0 unspecified atom stereocenters. The maximum Gasteiger partial charge on any atom is 0.226 e. The second-order valence-corrected chi connectivity index (χ2v) is 9.06. The highest BCUT2D eigenvalue weighted by Gasteiger charge is 2.48. The maximum atomic E-state index is 13.8. The van der Waals surface area contributed by atoms with E-state index in [0.29, 0.717) is 0 Å². The normalized spacial score (nSPS) is 26.0. The minimum Gasteiger partial charge on any atom is -0.394 e. The first-order chi connectivity index (χ1) is 14.6. The van der Waals surface area contributed by atoms with Crippen molar-refractivity contribution < 1.29 is 14.3 Å². The number of halogens is 1. The molecule has 2 aromatic carbocycles. The Morgan fingerprint density at radius 3 is 2.60 bits per heavy atom. The predicted molar refractivity (Wildman–Crippen MR) is 116 cm³/mol. The fraction of sp³-hybridized carbons (Fsp3) is 0.480. The highest BCUT2D eigenvalue weighted by molar-refractivity contribution is 5.81. The molecule has 4 nitrogen and oxygen atoms in total. The summed E-state index contributed by atoms with van der Waals surface area (Å²) in [6.07, 6.45) is 5.17. The first kappa shape index (κ1) is 19.6. The zero-order valence-electron chi connectivity index (χ0n) is 17.4. The van der Waals surface area contributed by atoms with Crippen LogP contribution in [0.15, 0.2) is 42.5 Å². The average Bonchev–Trinajstić information content (AvgIpc) is 3.44. The minimum absolute atomic E-state index is 0.00361. The predicted octanol–water partition coefficient (Wildman–Crippen LogP) is 4.38. The molecule has 158 valence electrons. The molecule has 1 amide bonds. The first-order valence-corrected chi connectivity index (χ1v) is 11.1. The molecule has 2 fully saturated rings. The number of rotatable bonds is 3. The summed E-state index contributed by atoms with van der Waals surface area (Å²) >= 11 is 0. The van der Waals surface area contributed by atoms with E-state index in [1.807, 2.05) is 19.2 Å². The summed E-state index contributed by atoms with van der Waals surface area (Å²) in [6.45, 7) is 0.826. The monoisotopic (exact) mass is 408 g/mol. The van der Waals surface area contributed by atoms with Gasteiger partial charge in [0.05, 0.1) is 18.7 Å². The van der Waals surface area contributed by atoms with E-state index in [1.165, 1.54) is 6.07 Å². The molecule has 1 saturated carbocycles. The summed E-state index contributed by atoms with van der Waals surface area (Å²) in [6, 6.07) is 12.8. The molecule has 0 spiro atoms. The Hall–Kier alpha value is -2.40. The van der Waals surface area contributed by atoms with Crippen LogP contribution in [0.5, 0.6) is 0 Å². The van der Waals surface area contributed by atoms with Crippen LogP contribution in [0.3, 0.4) is 0 Å². The molecule has 1 aliphatic carbocycles. The van der Waals surface area contributed by atoms with Crippen LogP contribution >= 0.6 is 0 Å². The fourth-order valence-corrected chi connectivity index (χ4v) is 5.96. The lowest BCUT2D eigenvalue weighted by Gasteiger charge is -2.45. The van der Waals surface area contributed by atoms with Gasteiger partial charge in [0.2, 0.25) is 5.91 Å². The Labute approximate surface area is 177 Å². The largest absolute Gasteiger partial charge is 0.394 e. The van der Waals surface area contributed by atoms with Gasteiger partial charge in [-0.15, -0.1) is 0 Å². The second kappa shape index (κ2) is 7.69. The Kier molecular flexibility index (Phi) is 5.02. The highest BCUT2D eigenvalue weighted by atomic mass is 19.1. The number of aliphatic hydroxyl groups is 1. The molecular weight excluding hydrogens is 379 g/mol. The zero-order valence-corrected chi connectivity index (χ0v) is 17.4. The minimum atomic E-state index is -0.250. The number of benzene rings is 2. The number of likely N-dealkylation sites (N-methyl/N-ethyl adjacent to an activating group) is 1. The van der Waals surface area contributed by atoms with Crippen LogP contribution in [0.2, 0.25) is 0 Å². The number of carbonyl (C=O) groups excluding carboxylic acids is 1. The Morgan fingerprint density at radius 2 is 1.87 bits per heavy atom. The van der Waals surface area contributed by atoms with E-state index in [4.69, 9.17) is 0 Å². The topological polar surface area (TPSA) is 43.8 Å². The summed E-state index contributed by atoms with van der Waals surface area (Å²) < 4.78 is 13.8. The second-order valence-electron chi connectivity index (χ2n) is 9.06. The number of hydrogen-bond donors (Lipinski definition) is 1. The van der Waals surface area contributed by atoms with Gasteiger partial charge in [-0.05, 0) is 60.2 Å². The zero-order chi connectivity index (χ0) is 20.8. The van der Waals surface area contributed by atoms with Crippen molar-refractivity contribution >= 4 is 11.6 Å². The summed E-state index contributed by atoms with van der Waals surface area (Å²) in [5.74, 6) is 0.384. The van der Waals surface area contributed by atoms with E-state index in [9.17, 15) is 14.3 Å². The van der Waals surface area contributed by atoms with Gasteiger partial charge in [-0.1, -0.05) is 31.0 Å². The van der Waals surface area contributed by atoms with Gasteiger partial charge < -0.3 is 14.9 Å². The summed E-state index contributed by atoms with van der Waals surface area (Å²) in [7, 11) is 2.03. The van der Waals surface area contributed by atoms with Gasteiger partial charge in [-0.3, -0.25) is 4.79 Å². The molecule has 30 heavy (non-hydrogen) atoms. The molecule has 5 rings (SSSR count). The van der Waals surface area contributed by atoms with Gasteiger partial charge in [-0.25, -0.2) is 4.39 Å². The van der Waals surface area contributed by atoms with Gasteiger partial charge in [0.1, 0.15) is 5.82 Å². The molecule has 0 aromatic heterocycles. The van der Waals surface area contributed by atoms with Crippen molar-refractivity contribution in [1.82, 2.24) is 4.90 Å². The van der Waals surface area contributed by atoms with Crippen LogP contribution in [0, 0.1) is 17.7 Å². The molecule has 3 atom stereocenters. The van der Waals surface area contributed by atoms with Crippen LogP contribution in [0.1, 0.15) is 43.7 Å². The third-order valence-electron chi connectivity index (χ3n) is 7.50. The van der Waals surface area contributed by atoms with E-state index in [2.05, 4.69) is 21.9 Å². The van der Waals surface area contributed by atoms with Crippen molar-refractivity contribution in [2.24, 2.45) is 11.8 Å². The summed E-state index contributed by atoms with van der Waals surface area (Å²) in [4.78, 5) is 17.6.